The zero-order valence-electron chi connectivity index (χ0n) is 9.84. The zero-order chi connectivity index (χ0) is 13.6. The number of imidazole rings is 1. The molecule has 5 N–H and O–H groups in total. The topological polar surface area (TPSA) is 140 Å². The summed E-state index contributed by atoms with van der Waals surface area (Å²) in [5.41, 5.74) is 4.58. The average molecular weight is 267 g/mol. The minimum atomic E-state index is -1.82. The van der Waals surface area contributed by atoms with Crippen molar-refractivity contribution in [2.75, 3.05) is 18.9 Å². The molecule has 0 unspecified atom stereocenters. The molecule has 2 aromatic rings. The van der Waals surface area contributed by atoms with Crippen LogP contribution in [0, 0.1) is 0 Å². The monoisotopic (exact) mass is 267 g/mol. The third kappa shape index (κ3) is 1.53. The molecule has 3 heterocycles. The van der Waals surface area contributed by atoms with Crippen LogP contribution in [0.2, 0.25) is 0 Å². The maximum atomic E-state index is 10.7. The van der Waals surface area contributed by atoms with Crippen LogP contribution in [-0.4, -0.2) is 60.5 Å². The number of ether oxygens (including phenoxy) is 1. The third-order valence-corrected chi connectivity index (χ3v) is 3.36. The maximum Gasteiger partial charge on any atom is 0.200 e. The van der Waals surface area contributed by atoms with Gasteiger partial charge in [0.05, 0.1) is 31.3 Å². The van der Waals surface area contributed by atoms with Crippen LogP contribution < -0.4 is 5.73 Å². The molecule has 102 valence electrons. The van der Waals surface area contributed by atoms with Crippen LogP contribution in [0.15, 0.2) is 12.5 Å². The molecule has 1 aliphatic rings. The lowest BCUT2D eigenvalue weighted by Crippen LogP contribution is -2.50. The standard InChI is InChI=1S/C10H13N5O4/c11-9-8-5(1-13-14-9)15(4-12-8)10(18)6(17)3-19-7(10)2-16/h1,4,6-7,16-18H,2-3H2,(H2,11,14)/t6-,7+,10+/m0/s1. The largest absolute Gasteiger partial charge is 0.393 e. The molecule has 1 saturated heterocycles. The number of hydrogen-bond acceptors (Lipinski definition) is 8. The van der Waals surface area contributed by atoms with Gasteiger partial charge in [0.2, 0.25) is 5.72 Å². The zero-order valence-corrected chi connectivity index (χ0v) is 9.84. The molecule has 0 amide bonds. The molecule has 2 aromatic heterocycles. The molecule has 0 bridgehead atoms. The molecule has 0 saturated carbocycles. The van der Waals surface area contributed by atoms with Crippen molar-refractivity contribution in [2.24, 2.45) is 0 Å². The van der Waals surface area contributed by atoms with Crippen LogP contribution in [0.3, 0.4) is 0 Å². The van der Waals surface area contributed by atoms with Gasteiger partial charge in [0.15, 0.2) is 5.82 Å². The Labute approximate surface area is 107 Å². The number of aliphatic hydroxyl groups is 3. The Morgan fingerprint density at radius 1 is 1.58 bits per heavy atom. The Kier molecular flexibility index (Phi) is 2.64. The fourth-order valence-electron chi connectivity index (χ4n) is 2.33. The number of anilines is 1. The van der Waals surface area contributed by atoms with Crippen LogP contribution in [0.25, 0.3) is 11.0 Å². The van der Waals surface area contributed by atoms with Crippen LogP contribution in [0.5, 0.6) is 0 Å². The van der Waals surface area contributed by atoms with E-state index in [0.717, 1.165) is 0 Å². The van der Waals surface area contributed by atoms with E-state index in [4.69, 9.17) is 10.5 Å². The van der Waals surface area contributed by atoms with Crippen molar-refractivity contribution < 1.29 is 20.1 Å². The van der Waals surface area contributed by atoms with Crippen molar-refractivity contribution in [2.45, 2.75) is 17.9 Å². The Morgan fingerprint density at radius 2 is 2.37 bits per heavy atom. The second kappa shape index (κ2) is 4.10. The minimum absolute atomic E-state index is 0.0879. The van der Waals surface area contributed by atoms with Crippen molar-refractivity contribution in [3.05, 3.63) is 12.5 Å². The van der Waals surface area contributed by atoms with Gasteiger partial charge in [-0.05, 0) is 0 Å². The number of nitrogens with zero attached hydrogens (tertiary/aromatic N) is 4. The van der Waals surface area contributed by atoms with Crippen molar-refractivity contribution in [3.8, 4) is 0 Å². The summed E-state index contributed by atoms with van der Waals surface area (Å²) in [7, 11) is 0. The molecular weight excluding hydrogens is 254 g/mol. The summed E-state index contributed by atoms with van der Waals surface area (Å²) < 4.78 is 6.46. The lowest BCUT2D eigenvalue weighted by atomic mass is 10.0. The van der Waals surface area contributed by atoms with Gasteiger partial charge in [-0.2, -0.15) is 5.10 Å². The van der Waals surface area contributed by atoms with E-state index in [1.807, 2.05) is 0 Å². The van der Waals surface area contributed by atoms with E-state index in [-0.39, 0.29) is 12.4 Å². The maximum absolute atomic E-state index is 10.7. The first-order chi connectivity index (χ1) is 9.09. The molecule has 0 radical (unpaired) electrons. The molecule has 3 rings (SSSR count). The summed E-state index contributed by atoms with van der Waals surface area (Å²) in [6, 6.07) is 0. The summed E-state index contributed by atoms with van der Waals surface area (Å²) >= 11 is 0. The number of rotatable bonds is 2. The summed E-state index contributed by atoms with van der Waals surface area (Å²) in [5.74, 6) is 0.119. The lowest BCUT2D eigenvalue weighted by molar-refractivity contribution is -0.147. The van der Waals surface area contributed by atoms with Crippen LogP contribution >= 0.6 is 0 Å². The Balaban J connectivity index is 2.20. The summed E-state index contributed by atoms with van der Waals surface area (Å²) in [6.45, 7) is -0.531. The quantitative estimate of drug-likeness (QED) is 0.481. The van der Waals surface area contributed by atoms with Crippen LogP contribution in [0.4, 0.5) is 5.82 Å². The summed E-state index contributed by atoms with van der Waals surface area (Å²) in [4.78, 5) is 4.04. The number of fused-ring (bicyclic) bond motifs is 1. The van der Waals surface area contributed by atoms with Gasteiger partial charge in [-0.1, -0.05) is 0 Å². The summed E-state index contributed by atoms with van der Waals surface area (Å²) in [6.07, 6.45) is 0.520. The fraction of sp³-hybridized carbons (Fsp3) is 0.500. The molecule has 9 heteroatoms. The van der Waals surface area contributed by atoms with Gasteiger partial charge in [-0.3, -0.25) is 4.57 Å². The van der Waals surface area contributed by atoms with Crippen molar-refractivity contribution in [1.82, 2.24) is 19.7 Å². The first-order valence-corrected chi connectivity index (χ1v) is 5.66. The molecule has 1 aliphatic heterocycles. The fourth-order valence-corrected chi connectivity index (χ4v) is 2.33. The second-order valence-electron chi connectivity index (χ2n) is 4.38. The molecule has 3 atom stereocenters. The first kappa shape index (κ1) is 12.2. The Bertz CT molecular complexity index is 617. The normalized spacial score (nSPS) is 31.1. The average Bonchev–Trinajstić information content (AvgIpc) is 2.94. The highest BCUT2D eigenvalue weighted by Crippen LogP contribution is 2.34. The molecule has 1 fully saturated rings. The molecule has 0 spiro atoms. The first-order valence-electron chi connectivity index (χ1n) is 5.66. The lowest BCUT2D eigenvalue weighted by Gasteiger charge is -2.31. The smallest absolute Gasteiger partial charge is 0.200 e. The summed E-state index contributed by atoms with van der Waals surface area (Å²) in [5, 5.41) is 37.2. The predicted octanol–water partition coefficient (Wildman–Crippen LogP) is -2.19. The second-order valence-corrected chi connectivity index (χ2v) is 4.38. The minimum Gasteiger partial charge on any atom is -0.393 e. The number of nitrogens with two attached hydrogens (primary N) is 1. The number of nitrogen functional groups attached to an aromatic ring is 1. The van der Waals surface area contributed by atoms with E-state index in [2.05, 4.69) is 15.2 Å². The van der Waals surface area contributed by atoms with Crippen molar-refractivity contribution in [3.63, 3.8) is 0 Å². The van der Waals surface area contributed by atoms with Crippen molar-refractivity contribution >= 4 is 16.9 Å². The van der Waals surface area contributed by atoms with E-state index in [9.17, 15) is 15.3 Å². The molecular formula is C10H13N5O4. The van der Waals surface area contributed by atoms with E-state index < -0.39 is 24.5 Å². The van der Waals surface area contributed by atoms with E-state index >= 15 is 0 Å². The van der Waals surface area contributed by atoms with Gasteiger partial charge in [0.25, 0.3) is 0 Å². The Hall–Kier alpha value is -1.81. The SMILES string of the molecule is Nc1nncc2c1ncn2[C@@]1(O)[C@@H](O)CO[C@@H]1CO. The van der Waals surface area contributed by atoms with Crippen molar-refractivity contribution in [1.29, 1.82) is 0 Å². The van der Waals surface area contributed by atoms with Crippen LogP contribution in [-0.2, 0) is 10.5 Å². The molecule has 0 aromatic carbocycles. The van der Waals surface area contributed by atoms with Gasteiger partial charge in [0, 0.05) is 0 Å². The van der Waals surface area contributed by atoms with Gasteiger partial charge in [-0.15, -0.1) is 5.10 Å². The molecule has 19 heavy (non-hydrogen) atoms. The van der Waals surface area contributed by atoms with Gasteiger partial charge in [0.1, 0.15) is 17.7 Å². The molecule has 9 nitrogen and oxygen atoms in total. The Morgan fingerprint density at radius 3 is 3.11 bits per heavy atom. The van der Waals surface area contributed by atoms with E-state index in [0.29, 0.717) is 11.0 Å². The van der Waals surface area contributed by atoms with Gasteiger partial charge in [-0.25, -0.2) is 4.98 Å². The van der Waals surface area contributed by atoms with Gasteiger partial charge >= 0.3 is 0 Å². The van der Waals surface area contributed by atoms with E-state index in [1.54, 1.807) is 0 Å². The number of hydrogen-bond donors (Lipinski definition) is 4. The molecule has 0 aliphatic carbocycles. The predicted molar refractivity (Wildman–Crippen MR) is 62.8 cm³/mol. The number of aromatic nitrogens is 4. The highest BCUT2D eigenvalue weighted by atomic mass is 16.6. The van der Waals surface area contributed by atoms with Crippen LogP contribution in [0.1, 0.15) is 0 Å². The number of aliphatic hydroxyl groups excluding tert-OH is 2. The van der Waals surface area contributed by atoms with E-state index in [1.165, 1.54) is 17.1 Å². The highest BCUT2D eigenvalue weighted by molar-refractivity contribution is 5.83. The van der Waals surface area contributed by atoms with Gasteiger partial charge < -0.3 is 25.8 Å². The third-order valence-electron chi connectivity index (χ3n) is 3.36. The highest BCUT2D eigenvalue weighted by Gasteiger charge is 2.52.